The quantitative estimate of drug-likeness (QED) is 0.835. The van der Waals surface area contributed by atoms with Crippen LogP contribution in [-0.2, 0) is 9.59 Å². The molecule has 1 aromatic rings. The lowest BCUT2D eigenvalue weighted by molar-refractivity contribution is -0.125. The Kier molecular flexibility index (Phi) is 6.65. The topological polar surface area (TPSA) is 82.6 Å². The predicted molar refractivity (Wildman–Crippen MR) is 107 cm³/mol. The molecule has 7 heteroatoms. The SMILES string of the molecule is CC(C)CC(=O)[C@@H]1CCCN(C(=O)c2ccc(N3CCNC(=O)CC3)nc2)C1. The van der Waals surface area contributed by atoms with E-state index in [0.717, 1.165) is 18.7 Å². The molecule has 0 bridgehead atoms. The fraction of sp³-hybridized carbons (Fsp3) is 0.619. The summed E-state index contributed by atoms with van der Waals surface area (Å²) in [6, 6.07) is 3.64. The zero-order valence-corrected chi connectivity index (χ0v) is 16.8. The molecule has 152 valence electrons. The molecule has 1 N–H and O–H groups in total. The van der Waals surface area contributed by atoms with E-state index in [1.807, 2.05) is 24.8 Å². The summed E-state index contributed by atoms with van der Waals surface area (Å²) in [6.07, 6.45) is 4.37. The number of Topliss-reactive ketones (excluding diaryl/α,β-unsaturated/α-hetero) is 1. The number of aromatic nitrogens is 1. The first-order valence-corrected chi connectivity index (χ1v) is 10.2. The highest BCUT2D eigenvalue weighted by Crippen LogP contribution is 2.22. The van der Waals surface area contributed by atoms with Gasteiger partial charge in [-0.15, -0.1) is 0 Å². The van der Waals surface area contributed by atoms with E-state index < -0.39 is 0 Å². The number of hydrogen-bond donors (Lipinski definition) is 1. The highest BCUT2D eigenvalue weighted by Gasteiger charge is 2.29. The van der Waals surface area contributed by atoms with Gasteiger partial charge in [-0.2, -0.15) is 0 Å². The van der Waals surface area contributed by atoms with Crippen molar-refractivity contribution in [2.24, 2.45) is 11.8 Å². The van der Waals surface area contributed by atoms with Crippen LogP contribution in [0.1, 0.15) is 49.9 Å². The highest BCUT2D eigenvalue weighted by molar-refractivity contribution is 5.94. The van der Waals surface area contributed by atoms with Gasteiger partial charge >= 0.3 is 0 Å². The molecule has 28 heavy (non-hydrogen) atoms. The van der Waals surface area contributed by atoms with Crippen LogP contribution in [0.5, 0.6) is 0 Å². The number of amides is 2. The summed E-state index contributed by atoms with van der Waals surface area (Å²) in [6.45, 7) is 7.22. The third-order valence-corrected chi connectivity index (χ3v) is 5.40. The maximum atomic E-state index is 12.9. The van der Waals surface area contributed by atoms with Crippen LogP contribution in [0.3, 0.4) is 0 Å². The number of piperidine rings is 1. The third-order valence-electron chi connectivity index (χ3n) is 5.40. The summed E-state index contributed by atoms with van der Waals surface area (Å²) in [5.74, 6) is 1.34. The average Bonchev–Trinajstić information content (AvgIpc) is 2.91. The average molecular weight is 386 g/mol. The summed E-state index contributed by atoms with van der Waals surface area (Å²) < 4.78 is 0. The maximum absolute atomic E-state index is 12.9. The van der Waals surface area contributed by atoms with Crippen molar-refractivity contribution in [3.63, 3.8) is 0 Å². The number of carbonyl (C=O) groups excluding carboxylic acids is 3. The van der Waals surface area contributed by atoms with Crippen molar-refractivity contribution >= 4 is 23.4 Å². The van der Waals surface area contributed by atoms with Crippen molar-refractivity contribution in [2.45, 2.75) is 39.5 Å². The van der Waals surface area contributed by atoms with Gasteiger partial charge in [0.15, 0.2) is 0 Å². The highest BCUT2D eigenvalue weighted by atomic mass is 16.2. The molecule has 2 amide bonds. The second kappa shape index (κ2) is 9.17. The molecule has 0 saturated carbocycles. The van der Waals surface area contributed by atoms with Gasteiger partial charge in [0.2, 0.25) is 5.91 Å². The number of nitrogens with one attached hydrogen (secondary N) is 1. The van der Waals surface area contributed by atoms with Crippen molar-refractivity contribution in [3.8, 4) is 0 Å². The predicted octanol–water partition coefficient (Wildman–Crippen LogP) is 1.88. The van der Waals surface area contributed by atoms with Gasteiger partial charge in [-0.3, -0.25) is 14.4 Å². The molecule has 3 rings (SSSR count). The first kappa shape index (κ1) is 20.3. The van der Waals surface area contributed by atoms with Crippen LogP contribution in [-0.4, -0.2) is 60.2 Å². The second-order valence-corrected chi connectivity index (χ2v) is 8.15. The largest absolute Gasteiger partial charge is 0.354 e. The number of ketones is 1. The zero-order chi connectivity index (χ0) is 20.1. The van der Waals surface area contributed by atoms with Crippen LogP contribution in [0.15, 0.2) is 18.3 Å². The number of likely N-dealkylation sites (tertiary alicyclic amines) is 1. The monoisotopic (exact) mass is 386 g/mol. The molecular weight excluding hydrogens is 356 g/mol. The number of rotatable bonds is 5. The smallest absolute Gasteiger partial charge is 0.255 e. The van der Waals surface area contributed by atoms with Crippen molar-refractivity contribution in [2.75, 3.05) is 37.6 Å². The molecule has 0 aliphatic carbocycles. The standard InChI is InChI=1S/C21H30N4O3/c1-15(2)12-18(26)17-4-3-9-25(14-17)21(28)16-5-6-19(23-13-16)24-10-7-20(27)22-8-11-24/h5-6,13,15,17H,3-4,7-12,14H2,1-2H3,(H,22,27)/t17-/m1/s1. The Morgan fingerprint density at radius 1 is 1.25 bits per heavy atom. The molecule has 7 nitrogen and oxygen atoms in total. The van der Waals surface area contributed by atoms with Gasteiger partial charge in [-0.1, -0.05) is 13.8 Å². The molecule has 0 radical (unpaired) electrons. The summed E-state index contributed by atoms with van der Waals surface area (Å²) in [4.78, 5) is 45.1. The molecule has 3 heterocycles. The molecule has 0 aromatic carbocycles. The summed E-state index contributed by atoms with van der Waals surface area (Å²) in [7, 11) is 0. The molecule has 2 saturated heterocycles. The molecule has 2 fully saturated rings. The fourth-order valence-electron chi connectivity index (χ4n) is 3.87. The maximum Gasteiger partial charge on any atom is 0.255 e. The van der Waals surface area contributed by atoms with Crippen LogP contribution in [0.25, 0.3) is 0 Å². The minimum atomic E-state index is -0.0613. The summed E-state index contributed by atoms with van der Waals surface area (Å²) in [5, 5.41) is 2.85. The first-order valence-electron chi connectivity index (χ1n) is 10.2. The minimum Gasteiger partial charge on any atom is -0.354 e. The minimum absolute atomic E-state index is 0.0468. The van der Waals surface area contributed by atoms with Crippen molar-refractivity contribution in [1.82, 2.24) is 15.2 Å². The Morgan fingerprint density at radius 3 is 2.79 bits per heavy atom. The van der Waals surface area contributed by atoms with Crippen LogP contribution < -0.4 is 10.2 Å². The van der Waals surface area contributed by atoms with Gasteiger partial charge in [0.1, 0.15) is 11.6 Å². The Labute approximate surface area is 166 Å². The zero-order valence-electron chi connectivity index (χ0n) is 16.8. The van der Waals surface area contributed by atoms with Gasteiger partial charge in [0, 0.05) is 57.7 Å². The number of hydrogen-bond acceptors (Lipinski definition) is 5. The van der Waals surface area contributed by atoms with E-state index in [2.05, 4.69) is 10.3 Å². The molecule has 2 aliphatic heterocycles. The fourth-order valence-corrected chi connectivity index (χ4v) is 3.87. The van der Waals surface area contributed by atoms with Crippen LogP contribution in [0.4, 0.5) is 5.82 Å². The van der Waals surface area contributed by atoms with E-state index in [4.69, 9.17) is 0 Å². The van der Waals surface area contributed by atoms with E-state index in [1.54, 1.807) is 17.2 Å². The Hall–Kier alpha value is -2.44. The normalized spacial score (nSPS) is 20.7. The van der Waals surface area contributed by atoms with Crippen LogP contribution >= 0.6 is 0 Å². The van der Waals surface area contributed by atoms with E-state index in [1.165, 1.54) is 0 Å². The summed E-state index contributed by atoms with van der Waals surface area (Å²) >= 11 is 0. The number of pyridine rings is 1. The Bertz CT molecular complexity index is 717. The van der Waals surface area contributed by atoms with Crippen molar-refractivity contribution in [3.05, 3.63) is 23.9 Å². The molecule has 1 aromatic heterocycles. The van der Waals surface area contributed by atoms with Crippen molar-refractivity contribution in [1.29, 1.82) is 0 Å². The van der Waals surface area contributed by atoms with E-state index in [-0.39, 0.29) is 23.5 Å². The second-order valence-electron chi connectivity index (χ2n) is 8.15. The summed E-state index contributed by atoms with van der Waals surface area (Å²) in [5.41, 5.74) is 0.546. The van der Waals surface area contributed by atoms with Gasteiger partial charge in [0.25, 0.3) is 5.91 Å². The molecular formula is C21H30N4O3. The van der Waals surface area contributed by atoms with E-state index in [9.17, 15) is 14.4 Å². The Balaban J connectivity index is 1.62. The lowest BCUT2D eigenvalue weighted by Gasteiger charge is -2.32. The number of nitrogens with zero attached hydrogens (tertiary/aromatic N) is 3. The van der Waals surface area contributed by atoms with Gasteiger partial charge in [0.05, 0.1) is 5.56 Å². The van der Waals surface area contributed by atoms with E-state index in [0.29, 0.717) is 57.0 Å². The van der Waals surface area contributed by atoms with E-state index >= 15 is 0 Å². The molecule has 0 unspecified atom stereocenters. The van der Waals surface area contributed by atoms with Crippen LogP contribution in [0.2, 0.25) is 0 Å². The van der Waals surface area contributed by atoms with Crippen LogP contribution in [0, 0.1) is 11.8 Å². The van der Waals surface area contributed by atoms with Gasteiger partial charge in [-0.25, -0.2) is 4.98 Å². The number of carbonyl (C=O) groups is 3. The van der Waals surface area contributed by atoms with Gasteiger partial charge in [-0.05, 0) is 30.9 Å². The Morgan fingerprint density at radius 2 is 2.07 bits per heavy atom. The first-order chi connectivity index (χ1) is 13.4. The lowest BCUT2D eigenvalue weighted by Crippen LogP contribution is -2.42. The van der Waals surface area contributed by atoms with Gasteiger partial charge < -0.3 is 15.1 Å². The third kappa shape index (κ3) is 5.09. The lowest BCUT2D eigenvalue weighted by atomic mass is 9.89. The number of anilines is 1. The molecule has 2 aliphatic rings. The van der Waals surface area contributed by atoms with Crippen molar-refractivity contribution < 1.29 is 14.4 Å². The molecule has 1 atom stereocenters. The molecule has 0 spiro atoms.